The van der Waals surface area contributed by atoms with Gasteiger partial charge in [0.2, 0.25) is 0 Å². The average molecular weight is 495 g/mol. The lowest BCUT2D eigenvalue weighted by atomic mass is 10.0. The molecule has 1 unspecified atom stereocenters. The van der Waals surface area contributed by atoms with Crippen LogP contribution < -0.4 is 0 Å². The number of nitrogens with zero attached hydrogens (tertiary/aromatic N) is 4. The fourth-order valence-corrected chi connectivity index (χ4v) is 6.09. The minimum atomic E-state index is -1.33. The van der Waals surface area contributed by atoms with E-state index in [0.717, 1.165) is 49.8 Å². The van der Waals surface area contributed by atoms with Crippen LogP contribution in [0, 0.1) is 0 Å². The number of hydrogen-bond acceptors (Lipinski definition) is 6. The van der Waals surface area contributed by atoms with E-state index in [1.807, 2.05) is 16.8 Å². The van der Waals surface area contributed by atoms with Gasteiger partial charge in [-0.05, 0) is 17.7 Å². The highest BCUT2D eigenvalue weighted by Gasteiger charge is 2.34. The summed E-state index contributed by atoms with van der Waals surface area (Å²) >= 11 is 0. The van der Waals surface area contributed by atoms with Crippen molar-refractivity contribution in [2.45, 2.75) is 12.3 Å². The highest BCUT2D eigenvalue weighted by molar-refractivity contribution is 7.88. The van der Waals surface area contributed by atoms with Gasteiger partial charge in [-0.15, -0.1) is 0 Å². The molecule has 5 rings (SSSR count). The minimum absolute atomic E-state index is 0.157. The highest BCUT2D eigenvalue weighted by atomic mass is 32.2. The number of aromatic nitrogens is 2. The monoisotopic (exact) mass is 494 g/mol. The van der Waals surface area contributed by atoms with Gasteiger partial charge in [0.05, 0.1) is 54.4 Å². The standard InChI is InChI=1S/C26H30N4O4S/c1-3-21-23(4-2)35(32)18-22-24(26(31)29-10-14-34-15-11-29)27-30(25(21)22)20-7-5-6-19(16-20)17-28-8-12-33-13-9-28/h3-7,16H,1-2,8-15,17-18H2. The Balaban J connectivity index is 1.60. The molecular formula is C26H30N4O4S. The van der Waals surface area contributed by atoms with Gasteiger partial charge in [0.25, 0.3) is 5.91 Å². The topological polar surface area (TPSA) is 76.9 Å². The second-order valence-corrected chi connectivity index (χ2v) is 10.1. The predicted molar refractivity (Wildman–Crippen MR) is 136 cm³/mol. The summed E-state index contributed by atoms with van der Waals surface area (Å²) in [5.74, 6) is 0.0580. The number of allylic oxidation sites excluding steroid dienone is 3. The van der Waals surface area contributed by atoms with Crippen LogP contribution in [0.2, 0.25) is 0 Å². The molecule has 184 valence electrons. The number of morpholine rings is 2. The molecule has 2 fully saturated rings. The second kappa shape index (κ2) is 10.4. The third-order valence-electron chi connectivity index (χ3n) is 6.58. The Morgan fingerprint density at radius 3 is 2.46 bits per heavy atom. The van der Waals surface area contributed by atoms with Crippen LogP contribution in [0.25, 0.3) is 11.3 Å². The maximum atomic E-state index is 13.5. The van der Waals surface area contributed by atoms with E-state index in [1.54, 1.807) is 17.1 Å². The lowest BCUT2D eigenvalue weighted by molar-refractivity contribution is 0.0298. The molecule has 1 aromatic carbocycles. The quantitative estimate of drug-likeness (QED) is 0.614. The van der Waals surface area contributed by atoms with Crippen LogP contribution in [-0.2, 0) is 32.6 Å². The van der Waals surface area contributed by atoms with Crippen LogP contribution in [0.3, 0.4) is 0 Å². The van der Waals surface area contributed by atoms with Crippen molar-refractivity contribution < 1.29 is 18.5 Å². The number of hydrogen-bond donors (Lipinski definition) is 0. The SMILES string of the molecule is C=CC1=C(C=C)S(=O)Cc2c(C(=O)N3CCOCC3)nn(-c3cccc(CN4CCOCC4)c3)c21. The first-order valence-electron chi connectivity index (χ1n) is 11.9. The Labute approximate surface area is 207 Å². The molecule has 4 heterocycles. The fraction of sp³-hybridized carbons (Fsp3) is 0.385. The summed E-state index contributed by atoms with van der Waals surface area (Å²) in [6.45, 7) is 14.0. The number of carbonyl (C=O) groups is 1. The number of rotatable bonds is 6. The molecule has 3 aliphatic rings. The van der Waals surface area contributed by atoms with Crippen LogP contribution in [0.4, 0.5) is 0 Å². The van der Waals surface area contributed by atoms with Crippen molar-refractivity contribution >= 4 is 22.3 Å². The highest BCUT2D eigenvalue weighted by Crippen LogP contribution is 2.37. The summed E-state index contributed by atoms with van der Waals surface area (Å²) in [6.07, 6.45) is 3.30. The molecule has 1 atom stereocenters. The van der Waals surface area contributed by atoms with Gasteiger partial charge in [-0.2, -0.15) is 5.10 Å². The zero-order valence-corrected chi connectivity index (χ0v) is 20.6. The second-order valence-electron chi connectivity index (χ2n) is 8.73. The van der Waals surface area contributed by atoms with E-state index in [1.165, 1.54) is 0 Å². The van der Waals surface area contributed by atoms with Crippen molar-refractivity contribution in [2.24, 2.45) is 0 Å². The molecular weight excluding hydrogens is 464 g/mol. The lowest BCUT2D eigenvalue weighted by Crippen LogP contribution is -2.41. The molecule has 0 radical (unpaired) electrons. The van der Waals surface area contributed by atoms with E-state index >= 15 is 0 Å². The van der Waals surface area contributed by atoms with Crippen LogP contribution in [0.15, 0.2) is 54.5 Å². The summed E-state index contributed by atoms with van der Waals surface area (Å²) in [5.41, 5.74) is 4.50. The molecule has 35 heavy (non-hydrogen) atoms. The van der Waals surface area contributed by atoms with Crippen LogP contribution in [-0.4, -0.2) is 82.3 Å². The Kier molecular flexibility index (Phi) is 7.10. The first kappa shape index (κ1) is 23.9. The van der Waals surface area contributed by atoms with Gasteiger partial charge in [0.15, 0.2) is 5.69 Å². The largest absolute Gasteiger partial charge is 0.379 e. The number of amides is 1. The fourth-order valence-electron chi connectivity index (χ4n) is 4.79. The van der Waals surface area contributed by atoms with E-state index in [9.17, 15) is 9.00 Å². The summed E-state index contributed by atoms with van der Waals surface area (Å²) < 4.78 is 25.8. The average Bonchev–Trinajstić information content (AvgIpc) is 3.27. The van der Waals surface area contributed by atoms with Crippen molar-refractivity contribution in [1.82, 2.24) is 19.6 Å². The number of carbonyl (C=O) groups excluding carboxylic acids is 1. The van der Waals surface area contributed by atoms with E-state index in [2.05, 4.69) is 30.2 Å². The molecule has 2 saturated heterocycles. The first-order chi connectivity index (χ1) is 17.1. The normalized spacial score (nSPS) is 21.0. The maximum Gasteiger partial charge on any atom is 0.274 e. The maximum absolute atomic E-state index is 13.5. The van der Waals surface area contributed by atoms with Crippen molar-refractivity contribution in [1.29, 1.82) is 0 Å². The van der Waals surface area contributed by atoms with Gasteiger partial charge in [-0.25, -0.2) is 4.68 Å². The zero-order chi connectivity index (χ0) is 24.4. The third kappa shape index (κ3) is 4.69. The smallest absolute Gasteiger partial charge is 0.274 e. The van der Waals surface area contributed by atoms with Crippen LogP contribution in [0.5, 0.6) is 0 Å². The Morgan fingerprint density at radius 2 is 1.77 bits per heavy atom. The van der Waals surface area contributed by atoms with Crippen molar-refractivity contribution in [3.8, 4) is 5.69 Å². The summed E-state index contributed by atoms with van der Waals surface area (Å²) in [6, 6.07) is 8.20. The van der Waals surface area contributed by atoms with Gasteiger partial charge in [0.1, 0.15) is 0 Å². The Morgan fingerprint density at radius 1 is 1.06 bits per heavy atom. The van der Waals surface area contributed by atoms with E-state index in [0.29, 0.717) is 48.0 Å². The van der Waals surface area contributed by atoms with Crippen LogP contribution in [0.1, 0.15) is 27.3 Å². The number of benzene rings is 1. The molecule has 9 heteroatoms. The Hall–Kier alpha value is -2.85. The molecule has 0 bridgehead atoms. The number of ether oxygens (including phenoxy) is 2. The molecule has 3 aliphatic heterocycles. The van der Waals surface area contributed by atoms with Crippen molar-refractivity contribution in [2.75, 3.05) is 52.6 Å². The van der Waals surface area contributed by atoms with E-state index in [4.69, 9.17) is 14.6 Å². The molecule has 0 N–H and O–H groups in total. The summed E-state index contributed by atoms with van der Waals surface area (Å²) in [7, 11) is -1.33. The minimum Gasteiger partial charge on any atom is -0.379 e. The zero-order valence-electron chi connectivity index (χ0n) is 19.8. The molecule has 0 spiro atoms. The van der Waals surface area contributed by atoms with Gasteiger partial charge in [-0.3, -0.25) is 13.9 Å². The van der Waals surface area contributed by atoms with Crippen molar-refractivity contribution in [3.63, 3.8) is 0 Å². The van der Waals surface area contributed by atoms with Gasteiger partial charge >= 0.3 is 0 Å². The van der Waals surface area contributed by atoms with Crippen molar-refractivity contribution in [3.05, 3.63) is 77.0 Å². The number of fused-ring (bicyclic) bond motifs is 1. The Bertz CT molecular complexity index is 1210. The molecule has 8 nitrogen and oxygen atoms in total. The van der Waals surface area contributed by atoms with Gasteiger partial charge in [0, 0.05) is 48.8 Å². The van der Waals surface area contributed by atoms with Gasteiger partial charge < -0.3 is 14.4 Å². The third-order valence-corrected chi connectivity index (χ3v) is 8.01. The van der Waals surface area contributed by atoms with Gasteiger partial charge in [-0.1, -0.05) is 37.4 Å². The lowest BCUT2D eigenvalue weighted by Gasteiger charge is -2.26. The van der Waals surface area contributed by atoms with Crippen LogP contribution >= 0.6 is 0 Å². The molecule has 2 aromatic rings. The molecule has 1 aromatic heterocycles. The summed E-state index contributed by atoms with van der Waals surface area (Å²) in [4.78, 5) is 18.3. The molecule has 1 amide bonds. The summed E-state index contributed by atoms with van der Waals surface area (Å²) in [5, 5.41) is 4.83. The molecule has 0 aliphatic carbocycles. The van der Waals surface area contributed by atoms with E-state index < -0.39 is 10.8 Å². The first-order valence-corrected chi connectivity index (χ1v) is 13.2. The van der Waals surface area contributed by atoms with E-state index in [-0.39, 0.29) is 11.7 Å². The predicted octanol–water partition coefficient (Wildman–Crippen LogP) is 2.52. The molecule has 0 saturated carbocycles.